The molecule has 0 radical (unpaired) electrons. The predicted octanol–water partition coefficient (Wildman–Crippen LogP) is 6.21. The molecule has 3 amide bonds. The molecule has 12 nitrogen and oxygen atoms in total. The Morgan fingerprint density at radius 3 is 2.49 bits per heavy atom. The lowest BCUT2D eigenvalue weighted by Crippen LogP contribution is -2.53. The zero-order chi connectivity index (χ0) is 35.2. The molecular formula is C35H50ClN4O8P. The van der Waals surface area contributed by atoms with Crippen molar-refractivity contribution in [3.05, 3.63) is 64.7 Å². The quantitative estimate of drug-likeness (QED) is 0.148. The minimum atomic E-state index is -4.12. The number of aliphatic hydroxyl groups is 1. The molecule has 1 fully saturated rings. The van der Waals surface area contributed by atoms with Gasteiger partial charge in [-0.15, -0.1) is 0 Å². The third kappa shape index (κ3) is 11.7. The normalized spacial score (nSPS) is 17.1. The zero-order valence-corrected chi connectivity index (χ0v) is 30.1. The summed E-state index contributed by atoms with van der Waals surface area (Å²) in [7, 11) is -4.12. The van der Waals surface area contributed by atoms with Gasteiger partial charge in [0, 0.05) is 36.8 Å². The van der Waals surface area contributed by atoms with Gasteiger partial charge in [0.05, 0.1) is 19.3 Å². The molecule has 1 unspecified atom stereocenters. The molecule has 0 bridgehead atoms. The summed E-state index contributed by atoms with van der Waals surface area (Å²) in [5.74, 6) is -2.34. The Kier molecular flexibility index (Phi) is 15.2. The Labute approximate surface area is 294 Å². The van der Waals surface area contributed by atoms with Crippen LogP contribution in [0.25, 0.3) is 0 Å². The van der Waals surface area contributed by atoms with Gasteiger partial charge in [-0.2, -0.15) is 0 Å². The van der Waals surface area contributed by atoms with Gasteiger partial charge in [0.1, 0.15) is 12.6 Å². The number of hydrogen-bond acceptors (Lipinski definition) is 9. The van der Waals surface area contributed by atoms with Gasteiger partial charge in [0.15, 0.2) is 5.85 Å². The number of aliphatic hydroxyl groups excluding tert-OH is 1. The van der Waals surface area contributed by atoms with Gasteiger partial charge in [0.25, 0.3) is 0 Å². The third-order valence-corrected chi connectivity index (χ3v) is 11.4. The lowest BCUT2D eigenvalue weighted by atomic mass is 9.84. The summed E-state index contributed by atoms with van der Waals surface area (Å²) < 4.78 is 30.0. The van der Waals surface area contributed by atoms with Gasteiger partial charge >= 0.3 is 13.7 Å². The van der Waals surface area contributed by atoms with E-state index in [1.165, 1.54) is 0 Å². The number of benzene rings is 2. The summed E-state index contributed by atoms with van der Waals surface area (Å²) in [6.45, 7) is 4.64. The average molecular weight is 721 g/mol. The fourth-order valence-corrected chi connectivity index (χ4v) is 8.36. The number of ether oxygens (including phenoxy) is 1. The standard InChI is InChI=1S/C35H50ClN4O8P/c1-3-47-49(45,48-4-2)34(43)30(17-18-32(41)40-20-19-37-29-16-9-8-14-27(29)23-40)38-33(42)31(22-25-11-6-5-7-12-25)39-35(44)46-24-26-13-10-15-28(36)21-26/h8-10,13-16,21,25,30-31,34,37,43H,3-7,11-12,17-20,22-24H2,1-2H3,(H,38,42)(H,39,44)/t30-,31-,34?/m0/s1. The van der Waals surface area contributed by atoms with E-state index in [0.717, 1.165) is 43.4 Å². The lowest BCUT2D eigenvalue weighted by molar-refractivity contribution is -0.132. The van der Waals surface area contributed by atoms with Crippen LogP contribution in [0.15, 0.2) is 48.5 Å². The van der Waals surface area contributed by atoms with Gasteiger partial charge in [-0.25, -0.2) is 4.79 Å². The van der Waals surface area contributed by atoms with Crippen molar-refractivity contribution < 1.29 is 37.8 Å². The largest absolute Gasteiger partial charge is 0.445 e. The summed E-state index contributed by atoms with van der Waals surface area (Å²) >= 11 is 6.06. The Morgan fingerprint density at radius 1 is 1.04 bits per heavy atom. The molecule has 2 aliphatic rings. The molecular weight excluding hydrogens is 671 g/mol. The maximum Gasteiger partial charge on any atom is 0.408 e. The molecule has 3 atom stereocenters. The van der Waals surface area contributed by atoms with E-state index in [1.807, 2.05) is 24.3 Å². The number of alkyl carbamates (subject to hydrolysis) is 1. The first-order valence-corrected chi connectivity index (χ1v) is 19.2. The Hall–Kier alpha value is -3.15. The van der Waals surface area contributed by atoms with Crippen LogP contribution in [0.4, 0.5) is 10.5 Å². The fourth-order valence-electron chi connectivity index (χ4n) is 6.39. The number of carbonyl (C=O) groups excluding carboxylic acids is 3. The van der Waals surface area contributed by atoms with Crippen LogP contribution in [0.5, 0.6) is 0 Å². The molecule has 1 aliphatic heterocycles. The van der Waals surface area contributed by atoms with Gasteiger partial charge < -0.3 is 39.7 Å². The summed E-state index contributed by atoms with van der Waals surface area (Å²) in [6.07, 6.45) is 4.49. The molecule has 14 heteroatoms. The topological polar surface area (TPSA) is 156 Å². The molecule has 1 aliphatic carbocycles. The Morgan fingerprint density at radius 2 is 1.78 bits per heavy atom. The number of amides is 3. The van der Waals surface area contributed by atoms with Crippen molar-refractivity contribution in [3.8, 4) is 0 Å². The van der Waals surface area contributed by atoms with Crippen molar-refractivity contribution in [1.82, 2.24) is 15.5 Å². The number of rotatable bonds is 16. The number of halogens is 1. The average Bonchev–Trinajstić information content (AvgIpc) is 3.32. The van der Waals surface area contributed by atoms with Crippen LogP contribution in [-0.4, -0.2) is 72.1 Å². The van der Waals surface area contributed by atoms with Gasteiger partial charge in [-0.3, -0.25) is 14.2 Å². The first kappa shape index (κ1) is 38.6. The SMILES string of the molecule is CCOP(=O)(OCC)C(O)[C@H](CCC(=O)N1CCNc2ccccc2C1)NC(=O)[C@H](CC1CCCCC1)NC(=O)OCc1cccc(Cl)c1. The van der Waals surface area contributed by atoms with E-state index < -0.39 is 37.5 Å². The van der Waals surface area contributed by atoms with Crippen LogP contribution in [-0.2, 0) is 41.1 Å². The van der Waals surface area contributed by atoms with Crippen LogP contribution in [0, 0.1) is 5.92 Å². The van der Waals surface area contributed by atoms with Crippen LogP contribution in [0.1, 0.15) is 76.3 Å². The van der Waals surface area contributed by atoms with Crippen molar-refractivity contribution in [3.63, 3.8) is 0 Å². The molecule has 2 aromatic carbocycles. The van der Waals surface area contributed by atoms with E-state index in [9.17, 15) is 24.1 Å². The second-order valence-corrected chi connectivity index (χ2v) is 15.0. The van der Waals surface area contributed by atoms with E-state index in [2.05, 4.69) is 16.0 Å². The number of carbonyl (C=O) groups is 3. The first-order valence-electron chi connectivity index (χ1n) is 17.3. The second kappa shape index (κ2) is 19.3. The third-order valence-electron chi connectivity index (χ3n) is 8.89. The first-order chi connectivity index (χ1) is 23.6. The van der Waals surface area contributed by atoms with Crippen molar-refractivity contribution in [2.24, 2.45) is 5.92 Å². The van der Waals surface area contributed by atoms with E-state index in [-0.39, 0.29) is 44.5 Å². The Bertz CT molecular complexity index is 1430. The minimum Gasteiger partial charge on any atom is -0.445 e. The summed E-state index contributed by atoms with van der Waals surface area (Å²) in [5.41, 5.74) is 2.64. The number of hydrogen-bond donors (Lipinski definition) is 4. The number of fused-ring (bicyclic) bond motifs is 1. The molecule has 270 valence electrons. The number of anilines is 1. The van der Waals surface area contributed by atoms with Gasteiger partial charge in [0.2, 0.25) is 11.8 Å². The maximum absolute atomic E-state index is 14.0. The van der Waals surface area contributed by atoms with E-state index in [4.69, 9.17) is 25.4 Å². The molecule has 1 heterocycles. The van der Waals surface area contributed by atoms with Gasteiger partial charge in [-0.1, -0.05) is 74.0 Å². The van der Waals surface area contributed by atoms with Crippen LogP contribution in [0.3, 0.4) is 0 Å². The summed E-state index contributed by atoms with van der Waals surface area (Å²) in [5, 5.41) is 20.8. The molecule has 4 N–H and O–H groups in total. The highest BCUT2D eigenvalue weighted by atomic mass is 35.5. The molecule has 2 aromatic rings. The lowest BCUT2D eigenvalue weighted by Gasteiger charge is -2.32. The molecule has 4 rings (SSSR count). The smallest absolute Gasteiger partial charge is 0.408 e. The molecule has 0 saturated heterocycles. The second-order valence-electron chi connectivity index (χ2n) is 12.5. The van der Waals surface area contributed by atoms with Gasteiger partial charge in [-0.05, 0) is 61.9 Å². The maximum atomic E-state index is 14.0. The number of nitrogens with zero attached hydrogens (tertiary/aromatic N) is 1. The monoisotopic (exact) mass is 720 g/mol. The fraction of sp³-hybridized carbons (Fsp3) is 0.571. The van der Waals surface area contributed by atoms with Crippen LogP contribution in [0.2, 0.25) is 5.02 Å². The minimum absolute atomic E-state index is 0.00154. The van der Waals surface area contributed by atoms with E-state index in [1.54, 1.807) is 43.0 Å². The van der Waals surface area contributed by atoms with E-state index >= 15 is 0 Å². The van der Waals surface area contributed by atoms with Crippen molar-refractivity contribution in [2.45, 2.75) is 96.3 Å². The predicted molar refractivity (Wildman–Crippen MR) is 188 cm³/mol. The Balaban J connectivity index is 1.50. The summed E-state index contributed by atoms with van der Waals surface area (Å²) in [4.78, 5) is 42.2. The molecule has 49 heavy (non-hydrogen) atoms. The number of para-hydroxylation sites is 1. The van der Waals surface area contributed by atoms with Crippen LogP contribution >= 0.6 is 19.2 Å². The van der Waals surface area contributed by atoms with E-state index in [0.29, 0.717) is 36.6 Å². The highest BCUT2D eigenvalue weighted by Gasteiger charge is 2.42. The van der Waals surface area contributed by atoms with Crippen molar-refractivity contribution in [1.29, 1.82) is 0 Å². The van der Waals surface area contributed by atoms with Crippen molar-refractivity contribution >= 4 is 42.8 Å². The molecule has 0 spiro atoms. The highest BCUT2D eigenvalue weighted by molar-refractivity contribution is 7.54. The number of nitrogens with one attached hydrogen (secondary N) is 3. The summed E-state index contributed by atoms with van der Waals surface area (Å²) in [6, 6.07) is 12.5. The highest BCUT2D eigenvalue weighted by Crippen LogP contribution is 2.53. The van der Waals surface area contributed by atoms with Crippen molar-refractivity contribution in [2.75, 3.05) is 31.6 Å². The molecule has 1 saturated carbocycles. The molecule has 0 aromatic heterocycles. The van der Waals surface area contributed by atoms with Crippen LogP contribution < -0.4 is 16.0 Å². The zero-order valence-electron chi connectivity index (χ0n) is 28.4.